The van der Waals surface area contributed by atoms with Gasteiger partial charge in [0, 0.05) is 18.0 Å². The molecule has 2 aromatic rings. The zero-order chi connectivity index (χ0) is 22.2. The van der Waals surface area contributed by atoms with Crippen molar-refractivity contribution in [1.29, 1.82) is 0 Å². The Morgan fingerprint density at radius 1 is 0.774 bits per heavy atom. The lowest BCUT2D eigenvalue weighted by molar-refractivity contribution is 0.287. The summed E-state index contributed by atoms with van der Waals surface area (Å²) in [5.74, 6) is 1.59. The van der Waals surface area contributed by atoms with E-state index in [2.05, 4.69) is 23.8 Å². The van der Waals surface area contributed by atoms with Crippen LogP contribution in [0.25, 0.3) is 11.4 Å². The van der Waals surface area contributed by atoms with Crippen LogP contribution in [0.5, 0.6) is 5.75 Å². The van der Waals surface area contributed by atoms with Gasteiger partial charge in [-0.05, 0) is 55.5 Å². The molecule has 0 radical (unpaired) electrons. The van der Waals surface area contributed by atoms with Gasteiger partial charge in [-0.15, -0.1) is 0 Å². The van der Waals surface area contributed by atoms with Crippen molar-refractivity contribution in [3.63, 3.8) is 0 Å². The average Bonchev–Trinajstić information content (AvgIpc) is 2.81. The number of alkyl halides is 1. The highest BCUT2D eigenvalue weighted by molar-refractivity contribution is 5.55. The quantitative estimate of drug-likeness (QED) is 0.239. The summed E-state index contributed by atoms with van der Waals surface area (Å²) in [4.78, 5) is 8.96. The maximum Gasteiger partial charge on any atom is 0.159 e. The Morgan fingerprint density at radius 2 is 1.39 bits per heavy atom. The van der Waals surface area contributed by atoms with Crippen LogP contribution >= 0.6 is 0 Å². The van der Waals surface area contributed by atoms with Crippen molar-refractivity contribution < 1.29 is 9.13 Å². The first-order valence-electron chi connectivity index (χ1n) is 12.4. The van der Waals surface area contributed by atoms with Crippen LogP contribution in [0.2, 0.25) is 0 Å². The Bertz CT molecular complexity index is 687. The van der Waals surface area contributed by atoms with Gasteiger partial charge in [0.15, 0.2) is 5.82 Å². The molecule has 2 rings (SSSR count). The smallest absolute Gasteiger partial charge is 0.159 e. The Morgan fingerprint density at radius 3 is 2.06 bits per heavy atom. The molecule has 0 N–H and O–H groups in total. The van der Waals surface area contributed by atoms with Crippen LogP contribution in [0.15, 0.2) is 36.7 Å². The molecule has 1 aromatic carbocycles. The molecule has 0 saturated heterocycles. The highest BCUT2D eigenvalue weighted by atomic mass is 19.1. The van der Waals surface area contributed by atoms with Gasteiger partial charge in [-0.1, -0.05) is 71.6 Å². The minimum absolute atomic E-state index is 0.555. The molecule has 0 aliphatic carbocycles. The number of hydrogen-bond donors (Lipinski definition) is 0. The van der Waals surface area contributed by atoms with E-state index in [1.165, 1.54) is 44.9 Å². The number of ether oxygens (including phenoxy) is 1. The lowest BCUT2D eigenvalue weighted by Gasteiger charge is -2.09. The van der Waals surface area contributed by atoms with E-state index in [1.54, 1.807) is 0 Å². The van der Waals surface area contributed by atoms with E-state index in [1.807, 2.05) is 36.7 Å². The normalized spacial score (nSPS) is 12.1. The first-order valence-corrected chi connectivity index (χ1v) is 12.4. The lowest BCUT2D eigenvalue weighted by Crippen LogP contribution is -2.03. The fourth-order valence-corrected chi connectivity index (χ4v) is 3.67. The summed E-state index contributed by atoms with van der Waals surface area (Å²) in [6.45, 7) is 5.19. The average molecular weight is 429 g/mol. The summed E-state index contributed by atoms with van der Waals surface area (Å²) in [5, 5.41) is 0. The van der Waals surface area contributed by atoms with E-state index in [4.69, 9.17) is 4.74 Å². The number of aromatic nitrogens is 2. The second-order valence-electron chi connectivity index (χ2n) is 8.54. The van der Waals surface area contributed by atoms with E-state index >= 15 is 0 Å². The highest BCUT2D eigenvalue weighted by Gasteiger charge is 2.08. The number of benzene rings is 1. The molecule has 4 heteroatoms. The topological polar surface area (TPSA) is 35.0 Å². The number of hydrogen-bond acceptors (Lipinski definition) is 3. The van der Waals surface area contributed by atoms with Gasteiger partial charge in [-0.2, -0.15) is 0 Å². The molecule has 3 nitrogen and oxygen atoms in total. The summed E-state index contributed by atoms with van der Waals surface area (Å²) in [7, 11) is 0. The molecular weight excluding hydrogens is 387 g/mol. The Balaban J connectivity index is 1.69. The Labute approximate surface area is 188 Å². The van der Waals surface area contributed by atoms with Crippen LogP contribution in [0, 0.1) is 0 Å². The summed E-state index contributed by atoms with van der Waals surface area (Å²) in [5.41, 5.74) is 1.97. The number of halogens is 1. The van der Waals surface area contributed by atoms with Crippen LogP contribution < -0.4 is 4.74 Å². The third-order valence-electron chi connectivity index (χ3n) is 5.70. The van der Waals surface area contributed by atoms with Crippen LogP contribution in [0.1, 0.15) is 96.5 Å². The molecule has 0 spiro atoms. The molecule has 0 bridgehead atoms. The van der Waals surface area contributed by atoms with Crippen LogP contribution in [0.3, 0.4) is 0 Å². The molecule has 0 amide bonds. The monoisotopic (exact) mass is 428 g/mol. The predicted molar refractivity (Wildman–Crippen MR) is 128 cm³/mol. The highest BCUT2D eigenvalue weighted by Crippen LogP contribution is 2.20. The summed E-state index contributed by atoms with van der Waals surface area (Å²) >= 11 is 0. The van der Waals surface area contributed by atoms with Crippen molar-refractivity contribution in [3.8, 4) is 17.1 Å². The molecule has 0 aliphatic heterocycles. The minimum Gasteiger partial charge on any atom is -0.494 e. The largest absolute Gasteiger partial charge is 0.494 e. The predicted octanol–water partition coefficient (Wildman–Crippen LogP) is 8.12. The van der Waals surface area contributed by atoms with E-state index < -0.39 is 6.17 Å². The summed E-state index contributed by atoms with van der Waals surface area (Å²) < 4.78 is 19.9. The van der Waals surface area contributed by atoms with E-state index in [0.717, 1.165) is 42.7 Å². The molecule has 1 atom stereocenters. The third-order valence-corrected chi connectivity index (χ3v) is 5.70. The van der Waals surface area contributed by atoms with Gasteiger partial charge < -0.3 is 4.74 Å². The number of rotatable bonds is 17. The minimum atomic E-state index is -0.722. The summed E-state index contributed by atoms with van der Waals surface area (Å²) in [6.07, 6.45) is 17.0. The standard InChI is InChI=1S/C27H41FN2O/c1-3-5-7-9-10-12-20-31-26-18-15-24(16-19-26)27-29-21-23(22-30-27)14-17-25(28)13-11-8-6-4-2/h15-16,18-19,21-22,25H,3-14,17,20H2,1-2H3/t25-/m0/s1. The molecule has 0 fully saturated rings. The van der Waals surface area contributed by atoms with Gasteiger partial charge in [0.05, 0.1) is 6.61 Å². The molecule has 172 valence electrons. The Hall–Kier alpha value is -1.97. The van der Waals surface area contributed by atoms with Crippen molar-refractivity contribution >= 4 is 0 Å². The van der Waals surface area contributed by atoms with Crippen LogP contribution in [-0.2, 0) is 6.42 Å². The molecule has 1 heterocycles. The van der Waals surface area contributed by atoms with Crippen molar-refractivity contribution in [2.75, 3.05) is 6.61 Å². The second-order valence-corrected chi connectivity index (χ2v) is 8.54. The molecular formula is C27H41FN2O. The van der Waals surface area contributed by atoms with Gasteiger partial charge in [-0.25, -0.2) is 14.4 Å². The molecule has 1 aromatic heterocycles. The van der Waals surface area contributed by atoms with Crippen molar-refractivity contribution in [2.24, 2.45) is 0 Å². The number of aryl methyl sites for hydroxylation is 1. The van der Waals surface area contributed by atoms with Crippen molar-refractivity contribution in [3.05, 3.63) is 42.2 Å². The zero-order valence-electron chi connectivity index (χ0n) is 19.6. The van der Waals surface area contributed by atoms with Gasteiger partial charge in [-0.3, -0.25) is 0 Å². The fourth-order valence-electron chi connectivity index (χ4n) is 3.67. The first-order chi connectivity index (χ1) is 15.2. The van der Waals surface area contributed by atoms with Crippen molar-refractivity contribution in [2.45, 2.75) is 103 Å². The molecule has 0 saturated carbocycles. The van der Waals surface area contributed by atoms with Gasteiger partial charge >= 0.3 is 0 Å². The maximum atomic E-state index is 14.0. The molecule has 0 unspecified atom stereocenters. The summed E-state index contributed by atoms with van der Waals surface area (Å²) in [6, 6.07) is 7.96. The lowest BCUT2D eigenvalue weighted by atomic mass is 10.0. The van der Waals surface area contributed by atoms with Crippen LogP contribution in [0.4, 0.5) is 4.39 Å². The van der Waals surface area contributed by atoms with Crippen molar-refractivity contribution in [1.82, 2.24) is 9.97 Å². The third kappa shape index (κ3) is 10.8. The first kappa shape index (κ1) is 25.3. The molecule has 0 aliphatic rings. The maximum absolute atomic E-state index is 14.0. The van der Waals surface area contributed by atoms with Gasteiger partial charge in [0.1, 0.15) is 11.9 Å². The zero-order valence-corrected chi connectivity index (χ0v) is 19.6. The second kappa shape index (κ2) is 15.8. The SMILES string of the molecule is CCCCCCCCOc1ccc(-c2ncc(CC[C@@H](F)CCCCCC)cn2)cc1. The van der Waals surface area contributed by atoms with Gasteiger partial charge in [0.25, 0.3) is 0 Å². The molecule has 31 heavy (non-hydrogen) atoms. The van der Waals surface area contributed by atoms with Gasteiger partial charge in [0.2, 0.25) is 0 Å². The Kier molecular flexibility index (Phi) is 12.9. The number of unbranched alkanes of at least 4 members (excludes halogenated alkanes) is 8. The number of nitrogens with zero attached hydrogens (tertiary/aromatic N) is 2. The fraction of sp³-hybridized carbons (Fsp3) is 0.630. The van der Waals surface area contributed by atoms with E-state index in [9.17, 15) is 4.39 Å². The van der Waals surface area contributed by atoms with E-state index in [0.29, 0.717) is 25.1 Å². The van der Waals surface area contributed by atoms with E-state index in [-0.39, 0.29) is 0 Å². The van der Waals surface area contributed by atoms with Crippen LogP contribution in [-0.4, -0.2) is 22.7 Å².